The second-order valence-electron chi connectivity index (χ2n) is 5.58. The van der Waals surface area contributed by atoms with Crippen LogP contribution in [-0.4, -0.2) is 42.2 Å². The van der Waals surface area contributed by atoms with Gasteiger partial charge >= 0.3 is 6.09 Å². The lowest BCUT2D eigenvalue weighted by molar-refractivity contribution is -0.123. The van der Waals surface area contributed by atoms with E-state index in [1.54, 1.807) is 0 Å². The lowest BCUT2D eigenvalue weighted by Gasteiger charge is -2.08. The molecule has 26 heavy (non-hydrogen) atoms. The van der Waals surface area contributed by atoms with Crippen molar-refractivity contribution in [3.8, 4) is 11.3 Å². The molecule has 0 spiro atoms. The number of hydrogen-bond donors (Lipinski definition) is 2. The largest absolute Gasteiger partial charge is 0.439 e. The van der Waals surface area contributed by atoms with Crippen LogP contribution in [0.25, 0.3) is 11.3 Å². The molecule has 0 aliphatic carbocycles. The van der Waals surface area contributed by atoms with Crippen molar-refractivity contribution in [2.24, 2.45) is 0 Å². The van der Waals surface area contributed by atoms with E-state index in [1.165, 1.54) is 7.05 Å². The lowest BCUT2D eigenvalue weighted by Crippen LogP contribution is -2.31. The quantitative estimate of drug-likeness (QED) is 0.724. The van der Waals surface area contributed by atoms with E-state index in [0.29, 0.717) is 30.2 Å². The van der Waals surface area contributed by atoms with E-state index in [2.05, 4.69) is 20.6 Å². The Kier molecular flexibility index (Phi) is 7.35. The molecule has 1 heterocycles. The van der Waals surface area contributed by atoms with E-state index in [1.807, 2.05) is 37.3 Å². The molecule has 0 atom stereocenters. The predicted molar refractivity (Wildman–Crippen MR) is 99.0 cm³/mol. The molecule has 0 aliphatic heterocycles. The third kappa shape index (κ3) is 6.33. The van der Waals surface area contributed by atoms with Crippen LogP contribution in [0.4, 0.5) is 4.79 Å². The number of aryl methyl sites for hydroxylation is 2. The van der Waals surface area contributed by atoms with Crippen LogP contribution in [-0.2, 0) is 16.0 Å². The Morgan fingerprint density at radius 3 is 2.62 bits per heavy atom. The van der Waals surface area contributed by atoms with Crippen LogP contribution in [0.2, 0.25) is 5.02 Å². The van der Waals surface area contributed by atoms with E-state index >= 15 is 0 Å². The molecular formula is C18H21ClN4O3. The molecule has 2 rings (SSSR count). The van der Waals surface area contributed by atoms with Gasteiger partial charge in [0.25, 0.3) is 5.91 Å². The third-order valence-electron chi connectivity index (χ3n) is 3.52. The van der Waals surface area contributed by atoms with E-state index in [0.717, 1.165) is 17.0 Å². The molecule has 138 valence electrons. The van der Waals surface area contributed by atoms with Crippen LogP contribution in [0.15, 0.2) is 30.3 Å². The number of halogens is 1. The van der Waals surface area contributed by atoms with Crippen LogP contribution < -0.4 is 10.6 Å². The number of carbonyl (C=O) groups is 2. The average Bonchev–Trinajstić information content (AvgIpc) is 2.63. The van der Waals surface area contributed by atoms with Crippen molar-refractivity contribution in [2.45, 2.75) is 19.8 Å². The first-order valence-corrected chi connectivity index (χ1v) is 8.57. The number of benzene rings is 1. The molecule has 0 aliphatic rings. The molecule has 2 N–H and O–H groups in total. The molecule has 8 heteroatoms. The van der Waals surface area contributed by atoms with Crippen molar-refractivity contribution < 1.29 is 14.3 Å². The van der Waals surface area contributed by atoms with Gasteiger partial charge in [0.15, 0.2) is 6.61 Å². The van der Waals surface area contributed by atoms with Crippen LogP contribution in [0.1, 0.15) is 17.9 Å². The summed E-state index contributed by atoms with van der Waals surface area (Å²) < 4.78 is 4.75. The molecule has 7 nitrogen and oxygen atoms in total. The van der Waals surface area contributed by atoms with Gasteiger partial charge in [0.2, 0.25) is 0 Å². The number of hydrogen-bond acceptors (Lipinski definition) is 5. The second-order valence-corrected chi connectivity index (χ2v) is 6.01. The van der Waals surface area contributed by atoms with Gasteiger partial charge in [-0.2, -0.15) is 0 Å². The highest BCUT2D eigenvalue weighted by Gasteiger charge is 2.07. The first kappa shape index (κ1) is 19.7. The van der Waals surface area contributed by atoms with Gasteiger partial charge in [0.1, 0.15) is 5.82 Å². The van der Waals surface area contributed by atoms with Crippen LogP contribution in [0, 0.1) is 6.92 Å². The lowest BCUT2D eigenvalue weighted by atomic mass is 10.1. The SMILES string of the molecule is CNC(=O)COC(=O)NCCCc1cc(-c2ccc(Cl)cc2)nc(C)n1. The fourth-order valence-electron chi connectivity index (χ4n) is 2.24. The van der Waals surface area contributed by atoms with Crippen molar-refractivity contribution in [1.29, 1.82) is 0 Å². The number of nitrogens with one attached hydrogen (secondary N) is 2. The predicted octanol–water partition coefficient (Wildman–Crippen LogP) is 2.51. The molecule has 1 aromatic heterocycles. The molecule has 0 saturated heterocycles. The van der Waals surface area contributed by atoms with E-state index in [4.69, 9.17) is 16.3 Å². The standard InChI is InChI=1S/C18H21ClN4O3/c1-12-22-15(4-3-9-21-18(25)26-11-17(24)20-2)10-16(23-12)13-5-7-14(19)8-6-13/h5-8,10H,3-4,9,11H2,1-2H3,(H,20,24)(H,21,25). The van der Waals surface area contributed by atoms with Crippen molar-refractivity contribution in [3.63, 3.8) is 0 Å². The fraction of sp³-hybridized carbons (Fsp3) is 0.333. The van der Waals surface area contributed by atoms with Gasteiger partial charge in [0, 0.05) is 29.9 Å². The van der Waals surface area contributed by atoms with Crippen molar-refractivity contribution in [1.82, 2.24) is 20.6 Å². The molecule has 2 aromatic rings. The van der Waals surface area contributed by atoms with Gasteiger partial charge in [-0.1, -0.05) is 23.7 Å². The van der Waals surface area contributed by atoms with E-state index in [-0.39, 0.29) is 12.5 Å². The molecule has 0 bridgehead atoms. The van der Waals surface area contributed by atoms with Crippen LogP contribution >= 0.6 is 11.6 Å². The summed E-state index contributed by atoms with van der Waals surface area (Å²) >= 11 is 5.92. The van der Waals surface area contributed by atoms with Gasteiger partial charge in [-0.25, -0.2) is 14.8 Å². The van der Waals surface area contributed by atoms with E-state index < -0.39 is 6.09 Å². The maximum Gasteiger partial charge on any atom is 0.407 e. The first-order chi connectivity index (χ1) is 12.5. The van der Waals surface area contributed by atoms with Crippen molar-refractivity contribution in [2.75, 3.05) is 20.2 Å². The zero-order chi connectivity index (χ0) is 18.9. The zero-order valence-electron chi connectivity index (χ0n) is 14.7. The van der Waals surface area contributed by atoms with Crippen LogP contribution in [0.3, 0.4) is 0 Å². The normalized spacial score (nSPS) is 10.3. The molecule has 0 unspecified atom stereocenters. The summed E-state index contributed by atoms with van der Waals surface area (Å²) in [6.07, 6.45) is 0.750. The first-order valence-electron chi connectivity index (χ1n) is 8.19. The number of ether oxygens (including phenoxy) is 1. The highest BCUT2D eigenvalue weighted by atomic mass is 35.5. The molecule has 0 fully saturated rings. The minimum atomic E-state index is -0.616. The average molecular weight is 377 g/mol. The minimum Gasteiger partial charge on any atom is -0.439 e. The summed E-state index contributed by atoms with van der Waals surface area (Å²) in [5.74, 6) is 0.330. The smallest absolute Gasteiger partial charge is 0.407 e. The number of alkyl carbamates (subject to hydrolysis) is 1. The Morgan fingerprint density at radius 2 is 1.92 bits per heavy atom. The Morgan fingerprint density at radius 1 is 1.19 bits per heavy atom. The van der Waals surface area contributed by atoms with E-state index in [9.17, 15) is 9.59 Å². The van der Waals surface area contributed by atoms with Crippen molar-refractivity contribution in [3.05, 3.63) is 46.9 Å². The summed E-state index contributed by atoms with van der Waals surface area (Å²) in [5, 5.41) is 5.65. The van der Waals surface area contributed by atoms with Gasteiger partial charge in [-0.15, -0.1) is 0 Å². The second kappa shape index (κ2) is 9.72. The van der Waals surface area contributed by atoms with Gasteiger partial charge in [-0.05, 0) is 38.0 Å². The molecule has 0 radical (unpaired) electrons. The summed E-state index contributed by atoms with van der Waals surface area (Å²) in [7, 11) is 1.48. The topological polar surface area (TPSA) is 93.2 Å². The summed E-state index contributed by atoms with van der Waals surface area (Å²) in [4.78, 5) is 31.3. The molecule has 1 aromatic carbocycles. The van der Waals surface area contributed by atoms with Crippen LogP contribution in [0.5, 0.6) is 0 Å². The molecule has 0 saturated carbocycles. The summed E-state index contributed by atoms with van der Waals surface area (Å²) in [6.45, 7) is 1.97. The van der Waals surface area contributed by atoms with Gasteiger partial charge in [0.05, 0.1) is 5.69 Å². The van der Waals surface area contributed by atoms with Gasteiger partial charge < -0.3 is 15.4 Å². The maximum absolute atomic E-state index is 11.4. The highest BCUT2D eigenvalue weighted by molar-refractivity contribution is 6.30. The summed E-state index contributed by atoms with van der Waals surface area (Å²) in [6, 6.07) is 9.40. The number of nitrogens with zero attached hydrogens (tertiary/aromatic N) is 2. The number of amides is 2. The van der Waals surface area contributed by atoms with Gasteiger partial charge in [-0.3, -0.25) is 4.79 Å². The minimum absolute atomic E-state index is 0.294. The monoisotopic (exact) mass is 376 g/mol. The summed E-state index contributed by atoms with van der Waals surface area (Å²) in [5.41, 5.74) is 2.70. The Bertz CT molecular complexity index is 766. The molecular weight excluding hydrogens is 356 g/mol. The fourth-order valence-corrected chi connectivity index (χ4v) is 2.37. The number of rotatable bonds is 7. The molecule has 2 amide bonds. The number of carbonyl (C=O) groups excluding carboxylic acids is 2. The highest BCUT2D eigenvalue weighted by Crippen LogP contribution is 2.20. The number of likely N-dealkylation sites (N-methyl/N-ethyl adjacent to an activating group) is 1. The Labute approximate surface area is 157 Å². The zero-order valence-corrected chi connectivity index (χ0v) is 15.5. The Balaban J connectivity index is 1.85. The van der Waals surface area contributed by atoms with Crippen molar-refractivity contribution >= 4 is 23.6 Å². The maximum atomic E-state index is 11.4. The number of aromatic nitrogens is 2. The Hall–Kier alpha value is -2.67. The third-order valence-corrected chi connectivity index (χ3v) is 3.78.